The van der Waals surface area contributed by atoms with Crippen molar-refractivity contribution >= 4 is 61.4 Å². The highest BCUT2D eigenvalue weighted by Gasteiger charge is 2.64. The highest BCUT2D eigenvalue weighted by atomic mass is 35.5. The Morgan fingerprint density at radius 2 is 1.12 bits per heavy atom. The molecule has 0 spiro atoms. The normalized spacial score (nSPS) is 17.7. The van der Waals surface area contributed by atoms with Gasteiger partial charge >= 0.3 is 15.0 Å². The molecule has 0 rings (SSSR count). The molecule has 0 aromatic carbocycles. The van der Waals surface area contributed by atoms with E-state index in [1.807, 2.05) is 0 Å². The molecule has 6 nitrogen and oxygen atoms in total. The maximum Gasteiger partial charge on any atom is 0.318 e. The SMILES string of the molecule is COP(=O)(N(C)CCCCCl)C(Cl)(Cl)P(=O)(OC)N(C)CCCCCl. The smallest absolute Gasteiger partial charge is 0.318 e. The van der Waals surface area contributed by atoms with E-state index in [1.165, 1.54) is 23.6 Å². The highest BCUT2D eigenvalue weighted by molar-refractivity contribution is 7.82. The maximum absolute atomic E-state index is 13.4. The Kier molecular flexibility index (Phi) is 12.8. The van der Waals surface area contributed by atoms with Crippen LogP contribution in [0.5, 0.6) is 0 Å². The van der Waals surface area contributed by atoms with Crippen LogP contribution in [0.2, 0.25) is 0 Å². The van der Waals surface area contributed by atoms with Gasteiger partial charge in [-0.1, -0.05) is 23.2 Å². The zero-order valence-electron chi connectivity index (χ0n) is 15.1. The molecule has 12 heteroatoms. The van der Waals surface area contributed by atoms with Crippen LogP contribution in [0, 0.1) is 0 Å². The molecular formula is C13H28Cl4N2O4P2. The molecule has 0 fully saturated rings. The van der Waals surface area contributed by atoms with E-state index >= 15 is 0 Å². The lowest BCUT2D eigenvalue weighted by Gasteiger charge is -2.41. The van der Waals surface area contributed by atoms with Gasteiger partial charge in [-0.15, -0.1) is 23.2 Å². The summed E-state index contributed by atoms with van der Waals surface area (Å²) < 4.78 is 37.8. The first-order valence-corrected chi connectivity index (χ1v) is 12.8. The maximum atomic E-state index is 13.4. The van der Waals surface area contributed by atoms with Crippen LogP contribution in [0.4, 0.5) is 0 Å². The molecule has 2 atom stereocenters. The first-order chi connectivity index (χ1) is 11.6. The summed E-state index contributed by atoms with van der Waals surface area (Å²) in [5, 5.41) is 0. The van der Waals surface area contributed by atoms with E-state index in [4.69, 9.17) is 55.5 Å². The summed E-state index contributed by atoms with van der Waals surface area (Å²) in [6.07, 6.45) is 2.79. The van der Waals surface area contributed by atoms with Gasteiger partial charge in [0.05, 0.1) is 0 Å². The van der Waals surface area contributed by atoms with Crippen LogP contribution in [0.25, 0.3) is 0 Å². The van der Waals surface area contributed by atoms with Crippen molar-refractivity contribution in [2.24, 2.45) is 0 Å². The Hall–Kier alpha value is 1.46. The predicted octanol–water partition coefficient (Wildman–Crippen LogP) is 5.66. The fraction of sp³-hybridized carbons (Fsp3) is 1.00. The lowest BCUT2D eigenvalue weighted by Crippen LogP contribution is -2.34. The highest BCUT2D eigenvalue weighted by Crippen LogP contribution is 2.82. The Balaban J connectivity index is 5.58. The minimum absolute atomic E-state index is 0.374. The number of alkyl halides is 4. The predicted molar refractivity (Wildman–Crippen MR) is 109 cm³/mol. The zero-order chi connectivity index (χ0) is 19.7. The molecule has 0 heterocycles. The summed E-state index contributed by atoms with van der Waals surface area (Å²) in [5.41, 5.74) is 0. The van der Waals surface area contributed by atoms with E-state index in [9.17, 15) is 9.13 Å². The van der Waals surface area contributed by atoms with E-state index in [0.29, 0.717) is 37.7 Å². The largest absolute Gasteiger partial charge is 0.318 e. The van der Waals surface area contributed by atoms with Crippen molar-refractivity contribution in [1.29, 1.82) is 0 Å². The van der Waals surface area contributed by atoms with Crippen molar-refractivity contribution in [1.82, 2.24) is 9.34 Å². The number of hydrogen-bond donors (Lipinski definition) is 0. The molecule has 0 aromatic heterocycles. The summed E-state index contributed by atoms with van der Waals surface area (Å²) in [4.78, 5) is 0. The molecule has 0 saturated heterocycles. The van der Waals surface area contributed by atoms with E-state index in [2.05, 4.69) is 0 Å². The van der Waals surface area contributed by atoms with Gasteiger partial charge in [-0.05, 0) is 39.8 Å². The van der Waals surface area contributed by atoms with Crippen LogP contribution in [-0.2, 0) is 18.2 Å². The van der Waals surface area contributed by atoms with Crippen LogP contribution in [-0.4, -0.2) is 66.3 Å². The van der Waals surface area contributed by atoms with Gasteiger partial charge in [0.25, 0.3) is 3.82 Å². The Morgan fingerprint density at radius 3 is 1.36 bits per heavy atom. The van der Waals surface area contributed by atoms with Crippen LogP contribution >= 0.6 is 61.4 Å². The number of rotatable bonds is 14. The first kappa shape index (κ1) is 26.5. The number of nitrogens with zero attached hydrogens (tertiary/aromatic N) is 2. The molecule has 0 aliphatic rings. The van der Waals surface area contributed by atoms with E-state index in [-0.39, 0.29) is 0 Å². The van der Waals surface area contributed by atoms with Gasteiger partial charge in [-0.2, -0.15) is 0 Å². The topological polar surface area (TPSA) is 59.1 Å². The van der Waals surface area contributed by atoms with Gasteiger partial charge < -0.3 is 9.05 Å². The molecule has 152 valence electrons. The average Bonchev–Trinajstić information content (AvgIpc) is 2.59. The van der Waals surface area contributed by atoms with Crippen molar-refractivity contribution < 1.29 is 18.2 Å². The Morgan fingerprint density at radius 1 is 0.800 bits per heavy atom. The van der Waals surface area contributed by atoms with E-state index in [1.54, 1.807) is 14.1 Å². The van der Waals surface area contributed by atoms with Gasteiger partial charge in [0.1, 0.15) is 0 Å². The summed E-state index contributed by atoms with van der Waals surface area (Å²) in [6.45, 7) is 0.747. The average molecular weight is 480 g/mol. The molecule has 0 aromatic rings. The van der Waals surface area contributed by atoms with Crippen LogP contribution in [0.15, 0.2) is 0 Å². The van der Waals surface area contributed by atoms with Gasteiger partial charge in [0.2, 0.25) is 0 Å². The third-order valence-electron chi connectivity index (χ3n) is 3.80. The minimum atomic E-state index is -3.90. The zero-order valence-corrected chi connectivity index (χ0v) is 19.9. The minimum Gasteiger partial charge on any atom is -0.318 e. The lowest BCUT2D eigenvalue weighted by molar-refractivity contribution is 0.302. The van der Waals surface area contributed by atoms with E-state index in [0.717, 1.165) is 12.8 Å². The molecule has 25 heavy (non-hydrogen) atoms. The number of hydrogen-bond acceptors (Lipinski definition) is 4. The number of unbranched alkanes of at least 4 members (excludes halogenated alkanes) is 2. The monoisotopic (exact) mass is 478 g/mol. The quantitative estimate of drug-likeness (QED) is 0.182. The van der Waals surface area contributed by atoms with Crippen LogP contribution in [0.3, 0.4) is 0 Å². The molecule has 0 radical (unpaired) electrons. The molecule has 0 amide bonds. The molecular weight excluding hydrogens is 452 g/mol. The second-order valence-electron chi connectivity index (χ2n) is 5.47. The molecule has 0 N–H and O–H groups in total. The van der Waals surface area contributed by atoms with Crippen molar-refractivity contribution in [2.75, 3.05) is 53.2 Å². The van der Waals surface area contributed by atoms with Crippen LogP contribution in [0.1, 0.15) is 25.7 Å². The molecule has 0 bridgehead atoms. The molecule has 0 aliphatic carbocycles. The molecule has 0 saturated carbocycles. The van der Waals surface area contributed by atoms with E-state index < -0.39 is 18.9 Å². The van der Waals surface area contributed by atoms with Gasteiger partial charge in [-0.3, -0.25) is 9.13 Å². The fourth-order valence-corrected chi connectivity index (χ4v) is 10.3. The third-order valence-corrected chi connectivity index (χ3v) is 13.0. The Bertz CT molecular complexity index is 445. The lowest BCUT2D eigenvalue weighted by atomic mass is 10.3. The number of halogens is 4. The van der Waals surface area contributed by atoms with Gasteiger partial charge in [-0.25, -0.2) is 9.34 Å². The summed E-state index contributed by atoms with van der Waals surface area (Å²) in [7, 11) is -2.22. The summed E-state index contributed by atoms with van der Waals surface area (Å²) in [6, 6.07) is 0. The van der Waals surface area contributed by atoms with Gasteiger partial charge in [0.15, 0.2) is 0 Å². The van der Waals surface area contributed by atoms with Crippen molar-refractivity contribution in [2.45, 2.75) is 29.5 Å². The third kappa shape index (κ3) is 6.22. The Labute approximate surface area is 171 Å². The molecule has 2 unspecified atom stereocenters. The summed E-state index contributed by atoms with van der Waals surface area (Å²) in [5.74, 6) is 0.968. The standard InChI is InChI=1S/C13H28Cl4N2O4P2/c1-18(11-7-5-9-14)24(20,22-3)13(16,17)25(21,23-4)19(2)12-8-6-10-15/h5-12H2,1-4H3. The fourth-order valence-electron chi connectivity index (χ4n) is 2.20. The van der Waals surface area contributed by atoms with Gasteiger partial charge in [0, 0.05) is 39.1 Å². The second kappa shape index (κ2) is 12.1. The van der Waals surface area contributed by atoms with Crippen molar-refractivity contribution in [3.8, 4) is 0 Å². The molecule has 0 aliphatic heterocycles. The van der Waals surface area contributed by atoms with Crippen LogP contribution < -0.4 is 0 Å². The summed E-state index contributed by atoms with van der Waals surface area (Å²) >= 11 is 24.2. The second-order valence-corrected chi connectivity index (χ2v) is 14.5. The van der Waals surface area contributed by atoms with Crippen molar-refractivity contribution in [3.63, 3.8) is 0 Å². The van der Waals surface area contributed by atoms with Crippen molar-refractivity contribution in [3.05, 3.63) is 0 Å². The first-order valence-electron chi connectivity index (χ1n) is 7.83.